The van der Waals surface area contributed by atoms with Crippen LogP contribution in [0.15, 0.2) is 52.8 Å². The summed E-state index contributed by atoms with van der Waals surface area (Å²) in [7, 11) is 5.79. The minimum atomic E-state index is 0.0167. The molecule has 0 spiro atoms. The molecule has 174 valence electrons. The van der Waals surface area contributed by atoms with Gasteiger partial charge in [0.1, 0.15) is 5.82 Å². The van der Waals surface area contributed by atoms with Crippen LogP contribution in [-0.2, 0) is 11.3 Å². The highest BCUT2D eigenvalue weighted by Gasteiger charge is 2.28. The molecule has 1 N–H and O–H groups in total. The molecule has 1 atom stereocenters. The van der Waals surface area contributed by atoms with Gasteiger partial charge in [-0.3, -0.25) is 14.8 Å². The molecule has 1 amide bonds. The average molecular weight is 449 g/mol. The molecule has 33 heavy (non-hydrogen) atoms. The van der Waals surface area contributed by atoms with Gasteiger partial charge in [0.15, 0.2) is 0 Å². The zero-order valence-electron chi connectivity index (χ0n) is 19.6. The van der Waals surface area contributed by atoms with Gasteiger partial charge in [0, 0.05) is 65.3 Å². The van der Waals surface area contributed by atoms with Gasteiger partial charge in [-0.05, 0) is 50.0 Å². The predicted molar refractivity (Wildman–Crippen MR) is 136 cm³/mol. The standard InChI is InChI=1S/C24H32N8O/c1-25-12-14-31(5)24-27-11-10-22(29-24)32-13-6-7-19(32)16-23(33)28-17-18-8-9-21(30(3)4)20(15-18)26-2/h8-12,14-15,19H,1-2,6-7,13,16-17H2,3-5H3,(H,28,33)/b14-12-/t19-/m1/s1. The molecule has 1 aliphatic rings. The van der Waals surface area contributed by atoms with Crippen LogP contribution < -0.4 is 20.0 Å². The van der Waals surface area contributed by atoms with Crippen molar-refractivity contribution in [3.05, 3.63) is 48.4 Å². The van der Waals surface area contributed by atoms with Gasteiger partial charge in [-0.1, -0.05) is 6.07 Å². The molecule has 0 saturated carbocycles. The SMILES string of the molecule is C=N/C=C\N(C)c1nccc(N2CCC[C@@H]2CC(=O)NCc2ccc(N(C)C)c(N=C)c2)n1. The lowest BCUT2D eigenvalue weighted by atomic mass is 10.1. The highest BCUT2D eigenvalue weighted by atomic mass is 16.1. The Balaban J connectivity index is 1.62. The molecule has 9 nitrogen and oxygen atoms in total. The van der Waals surface area contributed by atoms with Crippen molar-refractivity contribution in [3.8, 4) is 0 Å². The van der Waals surface area contributed by atoms with Gasteiger partial charge in [0.05, 0.1) is 11.4 Å². The summed E-state index contributed by atoms with van der Waals surface area (Å²) in [5.41, 5.74) is 2.79. The lowest BCUT2D eigenvalue weighted by molar-refractivity contribution is -0.121. The third-order valence-corrected chi connectivity index (χ3v) is 5.61. The summed E-state index contributed by atoms with van der Waals surface area (Å²) in [6.45, 7) is 8.41. The van der Waals surface area contributed by atoms with Gasteiger partial charge in [0.2, 0.25) is 11.9 Å². The molecule has 1 aliphatic heterocycles. The van der Waals surface area contributed by atoms with Crippen LogP contribution >= 0.6 is 0 Å². The van der Waals surface area contributed by atoms with Crippen molar-refractivity contribution in [2.45, 2.75) is 31.8 Å². The Morgan fingerprint density at radius 3 is 2.85 bits per heavy atom. The first-order valence-electron chi connectivity index (χ1n) is 10.9. The number of hydrogen-bond donors (Lipinski definition) is 1. The van der Waals surface area contributed by atoms with Crippen molar-refractivity contribution >= 4 is 42.5 Å². The van der Waals surface area contributed by atoms with Gasteiger partial charge in [0.25, 0.3) is 0 Å². The first-order chi connectivity index (χ1) is 15.9. The van der Waals surface area contributed by atoms with E-state index < -0.39 is 0 Å². The van der Waals surface area contributed by atoms with Gasteiger partial charge in [-0.15, -0.1) is 0 Å². The van der Waals surface area contributed by atoms with Crippen LogP contribution in [0.2, 0.25) is 0 Å². The summed E-state index contributed by atoms with van der Waals surface area (Å²) < 4.78 is 0. The molecule has 9 heteroatoms. The topological polar surface area (TPSA) is 89.3 Å². The van der Waals surface area contributed by atoms with E-state index in [4.69, 9.17) is 0 Å². The predicted octanol–water partition coefficient (Wildman–Crippen LogP) is 3.16. The number of aliphatic imine (C=N–C) groups is 2. The number of nitrogens with zero attached hydrogens (tertiary/aromatic N) is 7. The number of rotatable bonds is 10. The van der Waals surface area contributed by atoms with Gasteiger partial charge in [-0.2, -0.15) is 4.98 Å². The second kappa shape index (κ2) is 11.2. The Kier molecular flexibility index (Phi) is 8.12. The molecular weight excluding hydrogens is 416 g/mol. The van der Waals surface area contributed by atoms with E-state index in [0.717, 1.165) is 42.1 Å². The number of aromatic nitrogens is 2. The molecular formula is C24H32N8O. The van der Waals surface area contributed by atoms with Crippen LogP contribution in [-0.4, -0.2) is 63.0 Å². The molecule has 1 aromatic carbocycles. The van der Waals surface area contributed by atoms with E-state index in [9.17, 15) is 4.79 Å². The second-order valence-corrected chi connectivity index (χ2v) is 8.15. The maximum Gasteiger partial charge on any atom is 0.231 e. The minimum absolute atomic E-state index is 0.0167. The third kappa shape index (κ3) is 6.15. The smallest absolute Gasteiger partial charge is 0.231 e. The first kappa shape index (κ1) is 23.9. The zero-order valence-corrected chi connectivity index (χ0v) is 19.6. The van der Waals surface area contributed by atoms with Crippen molar-refractivity contribution in [3.63, 3.8) is 0 Å². The van der Waals surface area contributed by atoms with Crippen molar-refractivity contribution in [2.75, 3.05) is 42.4 Å². The number of carbonyl (C=O) groups is 1. The van der Waals surface area contributed by atoms with E-state index >= 15 is 0 Å². The summed E-state index contributed by atoms with van der Waals surface area (Å²) in [6.07, 6.45) is 7.46. The molecule has 1 aromatic heterocycles. The number of hydrogen-bond acceptors (Lipinski definition) is 8. The molecule has 0 unspecified atom stereocenters. The van der Waals surface area contributed by atoms with Crippen LogP contribution in [0, 0.1) is 0 Å². The molecule has 0 radical (unpaired) electrons. The number of benzene rings is 1. The van der Waals surface area contributed by atoms with Gasteiger partial charge < -0.3 is 20.0 Å². The molecule has 0 bridgehead atoms. The number of amides is 1. The van der Waals surface area contributed by atoms with E-state index in [1.165, 1.54) is 0 Å². The average Bonchev–Trinajstić information content (AvgIpc) is 3.28. The van der Waals surface area contributed by atoms with Crippen LogP contribution in [0.3, 0.4) is 0 Å². The summed E-state index contributed by atoms with van der Waals surface area (Å²) in [5, 5.41) is 3.04. The van der Waals surface area contributed by atoms with Crippen LogP contribution in [0.25, 0.3) is 0 Å². The number of anilines is 3. The van der Waals surface area contributed by atoms with E-state index in [1.54, 1.807) is 23.5 Å². The van der Waals surface area contributed by atoms with E-state index in [1.807, 2.05) is 50.3 Å². The monoisotopic (exact) mass is 448 g/mol. The molecule has 3 rings (SSSR count). The van der Waals surface area contributed by atoms with E-state index in [-0.39, 0.29) is 11.9 Å². The van der Waals surface area contributed by atoms with Crippen molar-refractivity contribution in [1.29, 1.82) is 0 Å². The quantitative estimate of drug-likeness (QED) is 0.562. The maximum absolute atomic E-state index is 12.7. The van der Waals surface area contributed by atoms with E-state index in [0.29, 0.717) is 18.9 Å². The zero-order chi connectivity index (χ0) is 23.8. The molecule has 1 fully saturated rings. The molecule has 1 saturated heterocycles. The van der Waals surface area contributed by atoms with E-state index in [2.05, 4.69) is 43.6 Å². The Morgan fingerprint density at radius 1 is 1.30 bits per heavy atom. The van der Waals surface area contributed by atoms with Crippen LogP contribution in [0.4, 0.5) is 23.1 Å². The van der Waals surface area contributed by atoms with Gasteiger partial charge in [-0.25, -0.2) is 4.98 Å². The summed E-state index contributed by atoms with van der Waals surface area (Å²) in [4.78, 5) is 35.5. The summed E-state index contributed by atoms with van der Waals surface area (Å²) in [5.74, 6) is 1.40. The fraction of sp³-hybridized carbons (Fsp3) is 0.375. The maximum atomic E-state index is 12.7. The Hall–Kier alpha value is -3.75. The van der Waals surface area contributed by atoms with Crippen LogP contribution in [0.1, 0.15) is 24.8 Å². The second-order valence-electron chi connectivity index (χ2n) is 8.15. The molecule has 0 aliphatic carbocycles. The highest BCUT2D eigenvalue weighted by molar-refractivity contribution is 5.77. The van der Waals surface area contributed by atoms with Crippen LogP contribution in [0.5, 0.6) is 0 Å². The number of nitrogens with one attached hydrogen (secondary N) is 1. The highest BCUT2D eigenvalue weighted by Crippen LogP contribution is 2.29. The van der Waals surface area contributed by atoms with Crippen molar-refractivity contribution in [2.24, 2.45) is 9.98 Å². The van der Waals surface area contributed by atoms with Crippen molar-refractivity contribution in [1.82, 2.24) is 15.3 Å². The first-order valence-corrected chi connectivity index (χ1v) is 10.9. The molecule has 2 aromatic rings. The lowest BCUT2D eigenvalue weighted by Gasteiger charge is -2.26. The summed E-state index contributed by atoms with van der Waals surface area (Å²) >= 11 is 0. The lowest BCUT2D eigenvalue weighted by Crippen LogP contribution is -2.35. The fourth-order valence-electron chi connectivity index (χ4n) is 3.90. The number of carbonyl (C=O) groups excluding carboxylic acids is 1. The molecule has 2 heterocycles. The Labute approximate surface area is 195 Å². The third-order valence-electron chi connectivity index (χ3n) is 5.61. The fourth-order valence-corrected chi connectivity index (χ4v) is 3.90. The van der Waals surface area contributed by atoms with Gasteiger partial charge >= 0.3 is 0 Å². The largest absolute Gasteiger partial charge is 0.376 e. The Bertz CT molecular complexity index is 1020. The minimum Gasteiger partial charge on any atom is -0.376 e. The normalized spacial score (nSPS) is 15.5. The Morgan fingerprint density at radius 2 is 2.12 bits per heavy atom. The summed E-state index contributed by atoms with van der Waals surface area (Å²) in [6, 6.07) is 7.94. The van der Waals surface area contributed by atoms with Crippen molar-refractivity contribution < 1.29 is 4.79 Å².